The van der Waals surface area contributed by atoms with Gasteiger partial charge in [0.15, 0.2) is 34.5 Å². The molecule has 0 fully saturated rings. The van der Waals surface area contributed by atoms with Crippen molar-refractivity contribution < 1.29 is 46.0 Å². The average Bonchev–Trinajstić information content (AvgIpc) is 1.61. The van der Waals surface area contributed by atoms with Crippen molar-refractivity contribution in [2.24, 2.45) is 0 Å². The Balaban J connectivity index is 0.000000114. The van der Waals surface area contributed by atoms with Crippen LogP contribution in [-0.2, 0) is 30.3 Å². The summed E-state index contributed by atoms with van der Waals surface area (Å²) in [6, 6.07) is 84.6. The van der Waals surface area contributed by atoms with E-state index in [1.165, 1.54) is 72.8 Å². The van der Waals surface area contributed by atoms with Crippen LogP contribution in [0.4, 0.5) is 0 Å². The first-order chi connectivity index (χ1) is 54.6. The van der Waals surface area contributed by atoms with Crippen LogP contribution >= 0.6 is 15.9 Å². The highest BCUT2D eigenvalue weighted by molar-refractivity contribution is 9.10. The molecule has 12 aromatic carbocycles. The number of rotatable bonds is 13. The van der Waals surface area contributed by atoms with E-state index in [9.17, 15) is 46.0 Å². The second-order valence-corrected chi connectivity index (χ2v) is 29.6. The minimum atomic E-state index is -1.66. The predicted octanol–water partition coefficient (Wildman–Crippen LogP) is 22.4. The van der Waals surface area contributed by atoms with Gasteiger partial charge in [-0.1, -0.05) is 230 Å². The van der Waals surface area contributed by atoms with Gasteiger partial charge < -0.3 is 70.9 Å². The molecule has 3 aliphatic rings. The maximum Gasteiger partial charge on any atom is 0.200 e. The summed E-state index contributed by atoms with van der Waals surface area (Å²) in [5.74, 6) is -2.16. The van der Waals surface area contributed by atoms with Crippen LogP contribution in [-0.4, -0.2) is 70.9 Å². The Morgan fingerprint density at radius 1 is 0.354 bits per heavy atom. The maximum atomic E-state index is 12.2. The minimum Gasteiger partial charge on any atom is -0.508 e. The van der Waals surface area contributed by atoms with Gasteiger partial charge in [-0.25, -0.2) is 0 Å². The van der Waals surface area contributed by atoms with Crippen molar-refractivity contribution in [1.29, 1.82) is 0 Å². The highest BCUT2D eigenvalue weighted by atomic mass is 79.9. The first kappa shape index (κ1) is 73.5. The van der Waals surface area contributed by atoms with Gasteiger partial charge in [-0.15, -0.1) is 0 Å². The molecule has 560 valence electrons. The van der Waals surface area contributed by atoms with E-state index in [4.69, 9.17) is 0 Å². The number of hydrogen-bond acceptors (Lipinski definition) is 9. The van der Waals surface area contributed by atoms with Gasteiger partial charge in [0.2, 0.25) is 0 Å². The Kier molecular flexibility index (Phi) is 19.7. The number of aromatic nitrogens is 5. The van der Waals surface area contributed by atoms with Crippen LogP contribution in [0.15, 0.2) is 315 Å². The molecule has 0 bridgehead atoms. The van der Waals surface area contributed by atoms with Crippen molar-refractivity contribution in [3.8, 4) is 46.0 Å². The molecule has 5 aromatic heterocycles. The topological polar surface area (TPSA) is 261 Å². The van der Waals surface area contributed by atoms with Crippen LogP contribution in [0.3, 0.4) is 0 Å². The Morgan fingerprint density at radius 3 is 1.26 bits per heavy atom. The number of hydrogen-bond donors (Lipinski definition) is 14. The van der Waals surface area contributed by atoms with E-state index in [1.54, 1.807) is 30.5 Å². The first-order valence-electron chi connectivity index (χ1n) is 37.3. The van der Waals surface area contributed by atoms with E-state index in [2.05, 4.69) is 182 Å². The van der Waals surface area contributed by atoms with Gasteiger partial charge >= 0.3 is 0 Å². The van der Waals surface area contributed by atoms with Crippen LogP contribution in [0.25, 0.3) is 71.2 Å². The summed E-state index contributed by atoms with van der Waals surface area (Å²) in [4.78, 5) is 16.8. The van der Waals surface area contributed by atoms with Gasteiger partial charge in [-0.05, 0) is 188 Å². The lowest BCUT2D eigenvalue weighted by atomic mass is 9.65. The molecule has 14 nitrogen and oxygen atoms in total. The largest absolute Gasteiger partial charge is 0.508 e. The second kappa shape index (κ2) is 30.3. The molecular formula is C98H82BrN5O9. The number of aromatic amines is 5. The summed E-state index contributed by atoms with van der Waals surface area (Å²) in [6.45, 7) is 2.12. The molecule has 0 saturated carbocycles. The monoisotopic (exact) mass is 1550 g/mol. The number of phenols is 8. The first-order valence-corrected chi connectivity index (χ1v) is 38.1. The van der Waals surface area contributed by atoms with Crippen molar-refractivity contribution in [3.05, 3.63) is 398 Å². The molecule has 3 atom stereocenters. The van der Waals surface area contributed by atoms with Crippen molar-refractivity contribution >= 4 is 87.2 Å². The summed E-state index contributed by atoms with van der Waals surface area (Å²) in [7, 11) is 0. The number of allylic oxidation sites excluding steroid dienone is 5. The molecule has 3 unspecified atom stereocenters. The number of fused-ring (bicyclic) bond motifs is 8. The molecule has 3 aliphatic carbocycles. The lowest BCUT2D eigenvalue weighted by Gasteiger charge is -2.36. The fourth-order valence-corrected chi connectivity index (χ4v) is 17.7. The Bertz CT molecular complexity index is 6450. The summed E-state index contributed by atoms with van der Waals surface area (Å²) in [6.07, 6.45) is 19.7. The molecular weight excluding hydrogens is 1470 g/mol. The van der Waals surface area contributed by atoms with E-state index >= 15 is 0 Å². The zero-order valence-electron chi connectivity index (χ0n) is 60.8. The van der Waals surface area contributed by atoms with Crippen LogP contribution in [0.5, 0.6) is 46.0 Å². The van der Waals surface area contributed by atoms with Crippen LogP contribution in [0.2, 0.25) is 0 Å². The van der Waals surface area contributed by atoms with Crippen molar-refractivity contribution in [2.75, 3.05) is 0 Å². The SMILES string of the molecule is C.CCC(C1=CCc2ccccc21)(c1cc(O)c(O)c(O)c1)c1c[nH]c2ccccc12.Oc1cc(Br)ccc1C(C1=CCc2ccccc21)c1c[nH]c2ccccc12.Oc1cc(C(O)(C2=CCc3ccccc32)c2c[nH]c3ccccc23)cc(O)c1O.Oc1cccc(C(c2c[nH]c3ccccc23)c2c[nH]c3ccccc23)c1. The molecule has 0 radical (unpaired) electrons. The predicted molar refractivity (Wildman–Crippen MR) is 456 cm³/mol. The molecule has 0 amide bonds. The van der Waals surface area contributed by atoms with E-state index in [1.807, 2.05) is 134 Å². The zero-order chi connectivity index (χ0) is 76.9. The summed E-state index contributed by atoms with van der Waals surface area (Å²) in [5.41, 5.74) is 21.4. The summed E-state index contributed by atoms with van der Waals surface area (Å²) in [5, 5.41) is 99.4. The van der Waals surface area contributed by atoms with Gasteiger partial charge in [-0.2, -0.15) is 0 Å². The van der Waals surface area contributed by atoms with E-state index in [0.29, 0.717) is 29.7 Å². The molecule has 0 aliphatic heterocycles. The molecule has 20 rings (SSSR count). The lowest BCUT2D eigenvalue weighted by Crippen LogP contribution is -2.28. The van der Waals surface area contributed by atoms with Gasteiger partial charge in [0.1, 0.15) is 17.1 Å². The van der Waals surface area contributed by atoms with Crippen LogP contribution < -0.4 is 0 Å². The normalized spacial score (nSPS) is 13.9. The van der Waals surface area contributed by atoms with Gasteiger partial charge in [-0.3, -0.25) is 0 Å². The molecule has 0 saturated heterocycles. The highest BCUT2D eigenvalue weighted by Crippen LogP contribution is 2.56. The summed E-state index contributed by atoms with van der Waals surface area (Å²) >= 11 is 3.46. The fourth-order valence-electron chi connectivity index (χ4n) is 17.3. The zero-order valence-corrected chi connectivity index (χ0v) is 62.4. The van der Waals surface area contributed by atoms with Crippen molar-refractivity contribution in [2.45, 2.75) is 62.9 Å². The van der Waals surface area contributed by atoms with Crippen LogP contribution in [0.1, 0.15) is 116 Å². The summed E-state index contributed by atoms with van der Waals surface area (Å²) < 4.78 is 0.877. The lowest BCUT2D eigenvalue weighted by molar-refractivity contribution is 0.146. The van der Waals surface area contributed by atoms with E-state index in [-0.39, 0.29) is 42.1 Å². The molecule has 113 heavy (non-hydrogen) atoms. The van der Waals surface area contributed by atoms with Crippen molar-refractivity contribution in [1.82, 2.24) is 24.9 Å². The number of aliphatic hydroxyl groups is 1. The number of halogens is 1. The third kappa shape index (κ3) is 13.1. The standard InChI is InChI=1S/C26H23NO3.C24H18BrNO.C24H19NO4.C23H18N2O.CH4/c1-2-26(17-13-23(28)25(30)24(29)14-17,20-12-11-16-7-3-4-8-18(16)20)21-15-27-22-10-6-5-9-19(21)22;25-16-10-12-20(23(27)13-16)24(19-11-9-15-5-1-2-6-17(15)19)21-14-26-22-8-4-3-7-18(21)22;26-21-11-15(12-22(27)23(21)28)24(29,18-10-9-14-5-1-2-6-16(14)18)19-13-25-20-8-4-3-7-17(19)20;26-16-7-5-6-15(12-16)23(19-13-24-21-10-3-1-8-17(19)21)20-14-25-22-11-4-2-9-18(20)22;/h3-10,12-15,27-30H,2,11H2,1H3;1-8,10-14,24,26-27H,9H2;1-8,10-13,25-29H,9H2;1-14,23-26H;1H4. The third-order valence-electron chi connectivity index (χ3n) is 22.6. The number of aromatic hydroxyl groups is 8. The van der Waals surface area contributed by atoms with Gasteiger partial charge in [0.05, 0.1) is 0 Å². The Morgan fingerprint density at radius 2 is 0.752 bits per heavy atom. The number of nitrogens with one attached hydrogen (secondary N) is 5. The molecule has 17 aromatic rings. The molecule has 5 heterocycles. The van der Waals surface area contributed by atoms with Crippen LogP contribution in [0, 0.1) is 0 Å². The van der Waals surface area contributed by atoms with E-state index < -0.39 is 34.0 Å². The van der Waals surface area contributed by atoms with Gasteiger partial charge in [0.25, 0.3) is 0 Å². The highest BCUT2D eigenvalue weighted by Gasteiger charge is 2.44. The molecule has 15 heteroatoms. The molecule has 14 N–H and O–H groups in total. The number of H-pyrrole nitrogens is 5. The average molecular weight is 1550 g/mol. The third-order valence-corrected chi connectivity index (χ3v) is 23.1. The quantitative estimate of drug-likeness (QED) is 0.0489. The Hall–Kier alpha value is -13.6. The second-order valence-electron chi connectivity index (χ2n) is 28.7. The molecule has 0 spiro atoms. The number of phenolic OH excluding ortho intramolecular Hbond substituents is 8. The van der Waals surface area contributed by atoms with Gasteiger partial charge in [0, 0.05) is 124 Å². The number of para-hydroxylation sites is 5. The van der Waals surface area contributed by atoms with E-state index in [0.717, 1.165) is 94.6 Å². The minimum absolute atomic E-state index is 0. The maximum absolute atomic E-state index is 12.2. The number of benzene rings is 12. The van der Waals surface area contributed by atoms with Crippen molar-refractivity contribution in [3.63, 3.8) is 0 Å². The Labute approximate surface area is 660 Å². The fraction of sp³-hybridized carbons (Fsp3) is 0.102. The smallest absolute Gasteiger partial charge is 0.200 e.